The highest BCUT2D eigenvalue weighted by molar-refractivity contribution is 8.13. The second-order valence-corrected chi connectivity index (χ2v) is 5.01. The van der Waals surface area contributed by atoms with Gasteiger partial charge in [-0.05, 0) is 29.9 Å². The Bertz CT molecular complexity index is 401. The van der Waals surface area contributed by atoms with Crippen molar-refractivity contribution in [2.45, 2.75) is 26.4 Å². The lowest BCUT2D eigenvalue weighted by Gasteiger charge is -2.13. The molecule has 5 heteroatoms. The van der Waals surface area contributed by atoms with Crippen LogP contribution in [-0.2, 0) is 6.54 Å². The zero-order chi connectivity index (χ0) is 12.8. The molecule has 4 nitrogen and oxygen atoms in total. The van der Waals surface area contributed by atoms with Gasteiger partial charge in [0, 0.05) is 12.6 Å². The molecule has 0 saturated heterocycles. The molecule has 0 aliphatic carbocycles. The summed E-state index contributed by atoms with van der Waals surface area (Å²) in [6.45, 7) is 4.39. The van der Waals surface area contributed by atoms with Gasteiger partial charge < -0.3 is 17.2 Å². The smallest absolute Gasteiger partial charge is 0.159 e. The topological polar surface area (TPSA) is 90.4 Å². The molecule has 1 unspecified atom stereocenters. The molecule has 94 valence electrons. The zero-order valence-corrected chi connectivity index (χ0v) is 11.1. The monoisotopic (exact) mass is 252 g/mol. The van der Waals surface area contributed by atoms with Crippen LogP contribution in [0, 0.1) is 0 Å². The number of nitrogens with two attached hydrogens (primary N) is 3. The summed E-state index contributed by atoms with van der Waals surface area (Å²) in [5, 5.41) is 0.559. The summed E-state index contributed by atoms with van der Waals surface area (Å²) in [5.74, 6) is 0.903. The number of nitrogens with zero attached hydrogens (tertiary/aromatic N) is 1. The fraction of sp³-hybridized carbons (Fsp3) is 0.417. The SMILES string of the molecule is CCSC(N)=Nc1cccc(C(C)N)c1CN. The van der Waals surface area contributed by atoms with E-state index in [1.807, 2.05) is 32.0 Å². The van der Waals surface area contributed by atoms with E-state index in [1.54, 1.807) is 0 Å². The van der Waals surface area contributed by atoms with Crippen LogP contribution in [0.1, 0.15) is 31.0 Å². The van der Waals surface area contributed by atoms with E-state index < -0.39 is 0 Å². The third-order valence-corrected chi connectivity index (χ3v) is 3.08. The van der Waals surface area contributed by atoms with Gasteiger partial charge in [0.2, 0.25) is 0 Å². The summed E-state index contributed by atoms with van der Waals surface area (Å²) in [6, 6.07) is 5.77. The summed E-state index contributed by atoms with van der Waals surface area (Å²) >= 11 is 1.52. The number of hydrogen-bond acceptors (Lipinski definition) is 4. The maximum absolute atomic E-state index is 5.91. The van der Waals surface area contributed by atoms with Crippen LogP contribution in [-0.4, -0.2) is 10.9 Å². The highest BCUT2D eigenvalue weighted by Gasteiger charge is 2.09. The van der Waals surface area contributed by atoms with Crippen molar-refractivity contribution < 1.29 is 0 Å². The molecule has 1 aromatic carbocycles. The van der Waals surface area contributed by atoms with E-state index in [0.29, 0.717) is 11.7 Å². The minimum Gasteiger partial charge on any atom is -0.378 e. The Hall–Kier alpha value is -1.04. The van der Waals surface area contributed by atoms with Crippen molar-refractivity contribution in [3.8, 4) is 0 Å². The Morgan fingerprint density at radius 2 is 2.18 bits per heavy atom. The average molecular weight is 252 g/mol. The molecule has 6 N–H and O–H groups in total. The van der Waals surface area contributed by atoms with E-state index in [4.69, 9.17) is 17.2 Å². The van der Waals surface area contributed by atoms with Crippen molar-refractivity contribution in [2.75, 3.05) is 5.75 Å². The van der Waals surface area contributed by atoms with Gasteiger partial charge in [-0.1, -0.05) is 30.8 Å². The lowest BCUT2D eigenvalue weighted by molar-refractivity contribution is 0.798. The van der Waals surface area contributed by atoms with Gasteiger partial charge in [-0.2, -0.15) is 0 Å². The van der Waals surface area contributed by atoms with Crippen molar-refractivity contribution in [3.05, 3.63) is 29.3 Å². The Kier molecular flexibility index (Phi) is 5.47. The van der Waals surface area contributed by atoms with E-state index >= 15 is 0 Å². The molecule has 1 rings (SSSR count). The maximum Gasteiger partial charge on any atom is 0.159 e. The number of amidine groups is 1. The van der Waals surface area contributed by atoms with E-state index in [0.717, 1.165) is 22.6 Å². The number of hydrogen-bond donors (Lipinski definition) is 3. The first-order valence-electron chi connectivity index (χ1n) is 5.64. The Morgan fingerprint density at radius 1 is 1.47 bits per heavy atom. The summed E-state index contributed by atoms with van der Waals surface area (Å²) < 4.78 is 0. The molecular formula is C12H20N4S. The molecule has 0 aliphatic heterocycles. The minimum atomic E-state index is -0.0521. The highest BCUT2D eigenvalue weighted by Crippen LogP contribution is 2.26. The Balaban J connectivity index is 3.15. The number of benzene rings is 1. The lowest BCUT2D eigenvalue weighted by atomic mass is 10.0. The average Bonchev–Trinajstić information content (AvgIpc) is 2.28. The Labute approximate surface area is 107 Å². The van der Waals surface area contributed by atoms with Gasteiger partial charge >= 0.3 is 0 Å². The first-order valence-corrected chi connectivity index (χ1v) is 6.63. The summed E-state index contributed by atoms with van der Waals surface area (Å²) in [7, 11) is 0. The van der Waals surface area contributed by atoms with E-state index in [-0.39, 0.29) is 6.04 Å². The molecule has 1 atom stereocenters. The summed E-state index contributed by atoms with van der Waals surface area (Å²) in [5.41, 5.74) is 20.3. The predicted molar refractivity (Wildman–Crippen MR) is 76.4 cm³/mol. The summed E-state index contributed by atoms with van der Waals surface area (Å²) in [4.78, 5) is 4.38. The molecule has 0 amide bonds. The molecular weight excluding hydrogens is 232 g/mol. The highest BCUT2D eigenvalue weighted by atomic mass is 32.2. The molecule has 0 saturated carbocycles. The second-order valence-electron chi connectivity index (χ2n) is 3.72. The van der Waals surface area contributed by atoms with Crippen LogP contribution < -0.4 is 17.2 Å². The predicted octanol–water partition coefficient (Wildman–Crippen LogP) is 1.86. The number of rotatable bonds is 4. The molecule has 0 aliphatic rings. The standard InChI is InChI=1S/C12H20N4S/c1-3-17-12(15)16-11-6-4-5-9(8(2)14)10(11)7-13/h4-6,8H,3,7,13-14H2,1-2H3,(H2,15,16). The third kappa shape index (κ3) is 3.73. The van der Waals surface area contributed by atoms with Gasteiger partial charge in [0.1, 0.15) is 0 Å². The van der Waals surface area contributed by atoms with Crippen molar-refractivity contribution in [1.82, 2.24) is 0 Å². The number of thioether (sulfide) groups is 1. The largest absolute Gasteiger partial charge is 0.378 e. The van der Waals surface area contributed by atoms with Gasteiger partial charge in [-0.15, -0.1) is 0 Å². The van der Waals surface area contributed by atoms with Crippen LogP contribution in [0.15, 0.2) is 23.2 Å². The molecule has 1 aromatic rings. The molecule has 0 fully saturated rings. The van der Waals surface area contributed by atoms with Crippen LogP contribution in [0.5, 0.6) is 0 Å². The zero-order valence-electron chi connectivity index (χ0n) is 10.3. The van der Waals surface area contributed by atoms with E-state index in [9.17, 15) is 0 Å². The first-order chi connectivity index (χ1) is 8.10. The quantitative estimate of drug-likeness (QED) is 0.563. The maximum atomic E-state index is 5.91. The van der Waals surface area contributed by atoms with Crippen molar-refractivity contribution in [3.63, 3.8) is 0 Å². The van der Waals surface area contributed by atoms with Crippen LogP contribution in [0.4, 0.5) is 5.69 Å². The van der Waals surface area contributed by atoms with Gasteiger partial charge in [-0.3, -0.25) is 0 Å². The minimum absolute atomic E-state index is 0.0521. The van der Waals surface area contributed by atoms with Crippen molar-refractivity contribution >= 4 is 22.6 Å². The molecule has 17 heavy (non-hydrogen) atoms. The normalized spacial score (nSPS) is 13.8. The molecule has 0 radical (unpaired) electrons. The molecule has 0 aromatic heterocycles. The van der Waals surface area contributed by atoms with Crippen molar-refractivity contribution in [1.29, 1.82) is 0 Å². The lowest BCUT2D eigenvalue weighted by Crippen LogP contribution is -2.12. The van der Waals surface area contributed by atoms with E-state index in [2.05, 4.69) is 4.99 Å². The second kappa shape index (κ2) is 6.64. The molecule has 0 spiro atoms. The van der Waals surface area contributed by atoms with Gasteiger partial charge in [0.25, 0.3) is 0 Å². The fourth-order valence-electron chi connectivity index (χ4n) is 1.64. The van der Waals surface area contributed by atoms with Crippen LogP contribution >= 0.6 is 11.8 Å². The van der Waals surface area contributed by atoms with Crippen molar-refractivity contribution in [2.24, 2.45) is 22.2 Å². The van der Waals surface area contributed by atoms with Crippen LogP contribution in [0.3, 0.4) is 0 Å². The fourth-order valence-corrected chi connectivity index (χ4v) is 2.10. The molecule has 0 bridgehead atoms. The first kappa shape index (κ1) is 14.0. The van der Waals surface area contributed by atoms with Gasteiger partial charge in [0.15, 0.2) is 5.17 Å². The van der Waals surface area contributed by atoms with Crippen LogP contribution in [0.25, 0.3) is 0 Å². The number of aliphatic imine (C=N–C) groups is 1. The summed E-state index contributed by atoms with van der Waals surface area (Å²) in [6.07, 6.45) is 0. The van der Waals surface area contributed by atoms with Gasteiger partial charge in [-0.25, -0.2) is 4.99 Å². The van der Waals surface area contributed by atoms with E-state index in [1.165, 1.54) is 11.8 Å². The third-order valence-electron chi connectivity index (χ3n) is 2.41. The molecule has 0 heterocycles. The van der Waals surface area contributed by atoms with Gasteiger partial charge in [0.05, 0.1) is 5.69 Å². The Morgan fingerprint density at radius 3 is 2.71 bits per heavy atom. The van der Waals surface area contributed by atoms with Crippen LogP contribution in [0.2, 0.25) is 0 Å².